The summed E-state index contributed by atoms with van der Waals surface area (Å²) in [6.07, 6.45) is 5.17. The molecule has 1 N–H and O–H groups in total. The smallest absolute Gasteiger partial charge is 0.0806 e. The van der Waals surface area contributed by atoms with Crippen molar-refractivity contribution in [3.8, 4) is 0 Å². The average Bonchev–Trinajstić information content (AvgIpc) is 2.35. The number of benzene rings is 1. The Bertz CT molecular complexity index is 504. The molecule has 0 fully saturated rings. The number of anilines is 1. The van der Waals surface area contributed by atoms with E-state index in [2.05, 4.69) is 66.8 Å². The monoisotopic (exact) mass is 403 g/mol. The van der Waals surface area contributed by atoms with Crippen LogP contribution in [-0.2, 0) is 0 Å². The highest BCUT2D eigenvalue weighted by molar-refractivity contribution is 14.1. The van der Waals surface area contributed by atoms with Crippen molar-refractivity contribution in [2.24, 2.45) is 0 Å². The van der Waals surface area contributed by atoms with Gasteiger partial charge < -0.3 is 5.32 Å². The number of nitrogens with zero attached hydrogens (tertiary/aromatic N) is 2. The standard InChI is InChI=1S/C12H11BrIN3/c1-8(12-7-15-4-5-16-12)17-9-2-3-10(13)11(14)6-9/h2-8,17H,1H3. The highest BCUT2D eigenvalue weighted by atomic mass is 127. The van der Waals surface area contributed by atoms with Gasteiger partial charge in [-0.25, -0.2) is 0 Å². The maximum atomic E-state index is 4.28. The van der Waals surface area contributed by atoms with E-state index in [0.29, 0.717) is 0 Å². The summed E-state index contributed by atoms with van der Waals surface area (Å²) in [7, 11) is 0. The second kappa shape index (κ2) is 5.77. The normalized spacial score (nSPS) is 12.2. The van der Waals surface area contributed by atoms with Crippen LogP contribution in [0.1, 0.15) is 18.7 Å². The number of hydrogen-bond acceptors (Lipinski definition) is 3. The topological polar surface area (TPSA) is 37.8 Å². The molecule has 1 aromatic heterocycles. The summed E-state index contributed by atoms with van der Waals surface area (Å²) in [6.45, 7) is 2.07. The number of halogens is 2. The highest BCUT2D eigenvalue weighted by Gasteiger charge is 2.07. The second-order valence-corrected chi connectivity index (χ2v) is 5.64. The maximum absolute atomic E-state index is 4.28. The first-order chi connectivity index (χ1) is 8.16. The molecule has 1 aromatic carbocycles. The summed E-state index contributed by atoms with van der Waals surface area (Å²) in [5, 5.41) is 3.40. The summed E-state index contributed by atoms with van der Waals surface area (Å²) in [4.78, 5) is 8.35. The van der Waals surface area contributed by atoms with E-state index in [1.807, 2.05) is 12.1 Å². The van der Waals surface area contributed by atoms with E-state index in [4.69, 9.17) is 0 Å². The largest absolute Gasteiger partial charge is 0.377 e. The van der Waals surface area contributed by atoms with Crippen molar-refractivity contribution in [3.63, 3.8) is 0 Å². The predicted molar refractivity (Wildman–Crippen MR) is 80.9 cm³/mol. The van der Waals surface area contributed by atoms with Gasteiger partial charge in [-0.3, -0.25) is 9.97 Å². The minimum absolute atomic E-state index is 0.140. The summed E-state index contributed by atoms with van der Waals surface area (Å²) < 4.78 is 2.29. The molecule has 0 amide bonds. The molecule has 0 spiro atoms. The van der Waals surface area contributed by atoms with Crippen molar-refractivity contribution in [3.05, 3.63) is 50.5 Å². The number of aromatic nitrogens is 2. The highest BCUT2D eigenvalue weighted by Crippen LogP contribution is 2.24. The summed E-state index contributed by atoms with van der Waals surface area (Å²) in [6, 6.07) is 6.31. The van der Waals surface area contributed by atoms with Gasteiger partial charge in [0.05, 0.1) is 17.9 Å². The zero-order valence-corrected chi connectivity index (χ0v) is 12.9. The van der Waals surface area contributed by atoms with E-state index in [1.165, 1.54) is 3.57 Å². The van der Waals surface area contributed by atoms with Gasteiger partial charge in [0.2, 0.25) is 0 Å². The van der Waals surface area contributed by atoms with Crippen LogP contribution >= 0.6 is 38.5 Å². The average molecular weight is 404 g/mol. The Hall–Kier alpha value is -0.690. The molecular formula is C12H11BrIN3. The van der Waals surface area contributed by atoms with Gasteiger partial charge in [-0.05, 0) is 63.6 Å². The van der Waals surface area contributed by atoms with Crippen molar-refractivity contribution in [1.29, 1.82) is 0 Å². The lowest BCUT2D eigenvalue weighted by atomic mass is 10.2. The van der Waals surface area contributed by atoms with Gasteiger partial charge in [0.1, 0.15) is 0 Å². The molecular weight excluding hydrogens is 393 g/mol. The first kappa shape index (κ1) is 12.8. The minimum atomic E-state index is 0.140. The number of nitrogens with one attached hydrogen (secondary N) is 1. The van der Waals surface area contributed by atoms with E-state index in [9.17, 15) is 0 Å². The molecule has 1 atom stereocenters. The van der Waals surface area contributed by atoms with Crippen molar-refractivity contribution in [1.82, 2.24) is 9.97 Å². The molecule has 2 rings (SSSR count). The molecule has 0 aliphatic heterocycles. The van der Waals surface area contributed by atoms with Crippen LogP contribution in [0.2, 0.25) is 0 Å². The van der Waals surface area contributed by atoms with Crippen LogP contribution in [0.5, 0.6) is 0 Å². The Kier molecular flexibility index (Phi) is 4.33. The fourth-order valence-corrected chi connectivity index (χ4v) is 2.21. The van der Waals surface area contributed by atoms with E-state index >= 15 is 0 Å². The third-order valence-corrected chi connectivity index (χ3v) is 4.65. The third-order valence-electron chi connectivity index (χ3n) is 2.33. The van der Waals surface area contributed by atoms with Crippen LogP contribution in [0.4, 0.5) is 5.69 Å². The van der Waals surface area contributed by atoms with Gasteiger partial charge in [0.15, 0.2) is 0 Å². The zero-order chi connectivity index (χ0) is 12.3. The van der Waals surface area contributed by atoms with E-state index in [1.54, 1.807) is 18.6 Å². The number of rotatable bonds is 3. The zero-order valence-electron chi connectivity index (χ0n) is 9.19. The first-order valence-electron chi connectivity index (χ1n) is 5.14. The van der Waals surface area contributed by atoms with Crippen LogP contribution in [0.15, 0.2) is 41.3 Å². The van der Waals surface area contributed by atoms with Gasteiger partial charge in [-0.1, -0.05) is 0 Å². The molecule has 0 saturated carbocycles. The Balaban J connectivity index is 2.13. The third kappa shape index (κ3) is 3.38. The molecule has 1 unspecified atom stereocenters. The van der Waals surface area contributed by atoms with Gasteiger partial charge in [-0.15, -0.1) is 0 Å². The van der Waals surface area contributed by atoms with E-state index in [-0.39, 0.29) is 6.04 Å². The van der Waals surface area contributed by atoms with E-state index < -0.39 is 0 Å². The molecule has 17 heavy (non-hydrogen) atoms. The molecule has 0 aliphatic carbocycles. The minimum Gasteiger partial charge on any atom is -0.377 e. The summed E-state index contributed by atoms with van der Waals surface area (Å²) in [5.41, 5.74) is 2.01. The fourth-order valence-electron chi connectivity index (χ4n) is 1.44. The Morgan fingerprint density at radius 3 is 2.82 bits per heavy atom. The van der Waals surface area contributed by atoms with Crippen LogP contribution in [-0.4, -0.2) is 9.97 Å². The Labute approximate surface area is 122 Å². The van der Waals surface area contributed by atoms with Gasteiger partial charge in [-0.2, -0.15) is 0 Å². The van der Waals surface area contributed by atoms with Crippen molar-refractivity contribution < 1.29 is 0 Å². The number of hydrogen-bond donors (Lipinski definition) is 1. The van der Waals surface area contributed by atoms with Crippen LogP contribution in [0.25, 0.3) is 0 Å². The lowest BCUT2D eigenvalue weighted by molar-refractivity contribution is 0.827. The lowest BCUT2D eigenvalue weighted by Crippen LogP contribution is -2.08. The Morgan fingerprint density at radius 1 is 1.35 bits per heavy atom. The van der Waals surface area contributed by atoms with E-state index in [0.717, 1.165) is 15.9 Å². The molecule has 0 aliphatic rings. The van der Waals surface area contributed by atoms with Crippen LogP contribution < -0.4 is 5.32 Å². The maximum Gasteiger partial charge on any atom is 0.0806 e. The Morgan fingerprint density at radius 2 is 2.18 bits per heavy atom. The molecule has 0 bridgehead atoms. The van der Waals surface area contributed by atoms with Gasteiger partial charge in [0, 0.05) is 26.1 Å². The van der Waals surface area contributed by atoms with Crippen molar-refractivity contribution in [2.75, 3.05) is 5.32 Å². The first-order valence-corrected chi connectivity index (χ1v) is 7.01. The molecule has 0 radical (unpaired) electrons. The van der Waals surface area contributed by atoms with Gasteiger partial charge >= 0.3 is 0 Å². The SMILES string of the molecule is CC(Nc1ccc(Br)c(I)c1)c1cnccn1. The predicted octanol–water partition coefficient (Wildman–Crippen LogP) is 4.02. The summed E-state index contributed by atoms with van der Waals surface area (Å²) >= 11 is 5.78. The molecule has 3 nitrogen and oxygen atoms in total. The lowest BCUT2D eigenvalue weighted by Gasteiger charge is -2.14. The van der Waals surface area contributed by atoms with Crippen molar-refractivity contribution in [2.45, 2.75) is 13.0 Å². The van der Waals surface area contributed by atoms with Crippen molar-refractivity contribution >= 4 is 44.2 Å². The van der Waals surface area contributed by atoms with Crippen LogP contribution in [0, 0.1) is 3.57 Å². The van der Waals surface area contributed by atoms with Crippen LogP contribution in [0.3, 0.4) is 0 Å². The molecule has 88 valence electrons. The fraction of sp³-hybridized carbons (Fsp3) is 0.167. The van der Waals surface area contributed by atoms with Gasteiger partial charge in [0.25, 0.3) is 0 Å². The molecule has 2 aromatic rings. The molecule has 1 heterocycles. The summed E-state index contributed by atoms with van der Waals surface area (Å²) in [5.74, 6) is 0. The molecule has 5 heteroatoms. The second-order valence-electron chi connectivity index (χ2n) is 3.63. The molecule has 0 saturated heterocycles. The quantitative estimate of drug-likeness (QED) is 0.786.